The number of nitrogens with two attached hydrogens (primary N) is 1. The Kier molecular flexibility index (Phi) is 3.62. The molecule has 18 heavy (non-hydrogen) atoms. The average Bonchev–Trinajstić information content (AvgIpc) is 2.76. The molecular formula is C13H16N4O. The van der Waals surface area contributed by atoms with E-state index in [1.54, 1.807) is 12.1 Å². The van der Waals surface area contributed by atoms with Gasteiger partial charge in [0.2, 0.25) is 0 Å². The second-order valence-corrected chi connectivity index (χ2v) is 4.01. The Morgan fingerprint density at radius 3 is 2.61 bits per heavy atom. The van der Waals surface area contributed by atoms with Crippen LogP contribution in [-0.2, 0) is 6.54 Å². The predicted octanol–water partition coefficient (Wildman–Crippen LogP) is 1.55. The minimum atomic E-state index is 0.0635. The highest BCUT2D eigenvalue weighted by atomic mass is 16.5. The second kappa shape index (κ2) is 5.35. The number of hydrogen-bond donors (Lipinski definition) is 2. The van der Waals surface area contributed by atoms with E-state index < -0.39 is 0 Å². The zero-order valence-corrected chi connectivity index (χ0v) is 10.3. The van der Waals surface area contributed by atoms with Crippen molar-refractivity contribution in [3.05, 3.63) is 47.8 Å². The molecule has 0 spiro atoms. The van der Waals surface area contributed by atoms with E-state index in [1.165, 1.54) is 0 Å². The lowest BCUT2D eigenvalue weighted by Crippen LogP contribution is -2.11. The normalized spacial score (nSPS) is 10.3. The van der Waals surface area contributed by atoms with E-state index in [0.717, 1.165) is 11.4 Å². The molecule has 1 aromatic carbocycles. The maximum absolute atomic E-state index is 7.28. The number of hydrogen-bond acceptors (Lipinski definition) is 3. The Hall–Kier alpha value is -2.30. The van der Waals surface area contributed by atoms with Gasteiger partial charge in [0.15, 0.2) is 0 Å². The summed E-state index contributed by atoms with van der Waals surface area (Å²) in [4.78, 5) is 0. The first-order valence-electron chi connectivity index (χ1n) is 5.72. The second-order valence-electron chi connectivity index (χ2n) is 4.01. The predicted molar refractivity (Wildman–Crippen MR) is 69.9 cm³/mol. The maximum atomic E-state index is 7.28. The van der Waals surface area contributed by atoms with Crippen molar-refractivity contribution in [1.82, 2.24) is 9.78 Å². The Morgan fingerprint density at radius 1 is 1.33 bits per heavy atom. The number of rotatable bonds is 5. The average molecular weight is 244 g/mol. The van der Waals surface area contributed by atoms with Crippen LogP contribution in [0.2, 0.25) is 0 Å². The molecule has 0 bridgehead atoms. The van der Waals surface area contributed by atoms with Crippen molar-refractivity contribution in [2.45, 2.75) is 13.5 Å². The largest absolute Gasteiger partial charge is 0.492 e. The van der Waals surface area contributed by atoms with Gasteiger partial charge in [-0.2, -0.15) is 5.10 Å². The Morgan fingerprint density at radius 2 is 2.06 bits per heavy atom. The number of amidine groups is 1. The first-order chi connectivity index (χ1) is 8.65. The molecular weight excluding hydrogens is 228 g/mol. The summed E-state index contributed by atoms with van der Waals surface area (Å²) in [5.41, 5.74) is 7.07. The van der Waals surface area contributed by atoms with Gasteiger partial charge in [-0.15, -0.1) is 0 Å². The highest BCUT2D eigenvalue weighted by molar-refractivity contribution is 5.94. The van der Waals surface area contributed by atoms with E-state index >= 15 is 0 Å². The Balaban J connectivity index is 1.85. The van der Waals surface area contributed by atoms with Gasteiger partial charge in [0.25, 0.3) is 0 Å². The Bertz CT molecular complexity index is 530. The zero-order chi connectivity index (χ0) is 13.0. The van der Waals surface area contributed by atoms with Crippen molar-refractivity contribution in [2.75, 3.05) is 6.61 Å². The number of aromatic nitrogens is 2. The van der Waals surface area contributed by atoms with Gasteiger partial charge in [0, 0.05) is 11.8 Å². The minimum Gasteiger partial charge on any atom is -0.492 e. The summed E-state index contributed by atoms with van der Waals surface area (Å²) < 4.78 is 7.43. The highest BCUT2D eigenvalue weighted by Crippen LogP contribution is 2.11. The molecule has 0 amide bonds. The third kappa shape index (κ3) is 3.10. The third-order valence-corrected chi connectivity index (χ3v) is 2.53. The van der Waals surface area contributed by atoms with Crippen LogP contribution in [0.3, 0.4) is 0 Å². The fourth-order valence-corrected chi connectivity index (χ4v) is 1.58. The molecule has 3 N–H and O–H groups in total. The van der Waals surface area contributed by atoms with Crippen LogP contribution in [0.25, 0.3) is 0 Å². The number of nitrogens with one attached hydrogen (secondary N) is 1. The zero-order valence-electron chi connectivity index (χ0n) is 10.3. The molecule has 5 heteroatoms. The molecule has 0 unspecified atom stereocenters. The molecule has 94 valence electrons. The van der Waals surface area contributed by atoms with Crippen LogP contribution in [-0.4, -0.2) is 22.2 Å². The van der Waals surface area contributed by atoms with Crippen molar-refractivity contribution >= 4 is 5.84 Å². The van der Waals surface area contributed by atoms with E-state index in [4.69, 9.17) is 15.9 Å². The molecule has 5 nitrogen and oxygen atoms in total. The molecule has 2 aromatic rings. The van der Waals surface area contributed by atoms with Crippen LogP contribution in [0.4, 0.5) is 0 Å². The van der Waals surface area contributed by atoms with Gasteiger partial charge in [-0.25, -0.2) is 0 Å². The van der Waals surface area contributed by atoms with Crippen molar-refractivity contribution < 1.29 is 4.74 Å². The Labute approximate surface area is 106 Å². The smallest absolute Gasteiger partial charge is 0.122 e. The number of ether oxygens (including phenoxy) is 1. The van der Waals surface area contributed by atoms with Crippen molar-refractivity contribution in [3.63, 3.8) is 0 Å². The first kappa shape index (κ1) is 12.2. The van der Waals surface area contributed by atoms with E-state index in [2.05, 4.69) is 5.10 Å². The first-order valence-corrected chi connectivity index (χ1v) is 5.72. The lowest BCUT2D eigenvalue weighted by Gasteiger charge is -2.07. The number of aryl methyl sites for hydroxylation is 1. The van der Waals surface area contributed by atoms with Crippen LogP contribution >= 0.6 is 0 Å². The molecule has 0 saturated heterocycles. The molecule has 1 aromatic heterocycles. The topological polar surface area (TPSA) is 76.9 Å². The highest BCUT2D eigenvalue weighted by Gasteiger charge is 1.98. The third-order valence-electron chi connectivity index (χ3n) is 2.53. The summed E-state index contributed by atoms with van der Waals surface area (Å²) in [6.07, 6.45) is 1.93. The van der Waals surface area contributed by atoms with Gasteiger partial charge in [-0.3, -0.25) is 10.1 Å². The van der Waals surface area contributed by atoms with Gasteiger partial charge >= 0.3 is 0 Å². The monoisotopic (exact) mass is 244 g/mol. The lowest BCUT2D eigenvalue weighted by molar-refractivity contribution is 0.291. The minimum absolute atomic E-state index is 0.0635. The van der Waals surface area contributed by atoms with Crippen molar-refractivity contribution in [2.24, 2.45) is 5.73 Å². The van der Waals surface area contributed by atoms with Gasteiger partial charge < -0.3 is 10.5 Å². The van der Waals surface area contributed by atoms with E-state index in [-0.39, 0.29) is 5.84 Å². The van der Waals surface area contributed by atoms with E-state index in [1.807, 2.05) is 36.0 Å². The summed E-state index contributed by atoms with van der Waals surface area (Å²) in [5, 5.41) is 11.6. The van der Waals surface area contributed by atoms with E-state index in [9.17, 15) is 0 Å². The molecule has 0 saturated carbocycles. The van der Waals surface area contributed by atoms with Crippen LogP contribution in [0.15, 0.2) is 36.5 Å². The van der Waals surface area contributed by atoms with Crippen LogP contribution < -0.4 is 10.5 Å². The fourth-order valence-electron chi connectivity index (χ4n) is 1.58. The SMILES string of the molecule is Cc1ccn(CCOc2ccc(C(=N)N)cc2)n1. The molecule has 0 aliphatic rings. The molecule has 0 aliphatic carbocycles. The molecule has 0 fully saturated rings. The van der Waals surface area contributed by atoms with E-state index in [0.29, 0.717) is 18.7 Å². The van der Waals surface area contributed by atoms with Crippen molar-refractivity contribution in [1.29, 1.82) is 5.41 Å². The van der Waals surface area contributed by atoms with Crippen LogP contribution in [0.5, 0.6) is 5.75 Å². The maximum Gasteiger partial charge on any atom is 0.122 e. The fraction of sp³-hybridized carbons (Fsp3) is 0.231. The van der Waals surface area contributed by atoms with Gasteiger partial charge in [0.1, 0.15) is 18.2 Å². The lowest BCUT2D eigenvalue weighted by atomic mass is 10.2. The summed E-state index contributed by atoms with van der Waals surface area (Å²) >= 11 is 0. The number of nitrogen functional groups attached to an aromatic ring is 1. The molecule has 2 rings (SSSR count). The summed E-state index contributed by atoms with van der Waals surface area (Å²) in [6.45, 7) is 3.22. The van der Waals surface area contributed by atoms with Crippen LogP contribution in [0.1, 0.15) is 11.3 Å². The summed E-state index contributed by atoms with van der Waals surface area (Å²) in [7, 11) is 0. The van der Waals surface area contributed by atoms with Gasteiger partial charge in [0.05, 0.1) is 12.2 Å². The summed E-state index contributed by atoms with van der Waals surface area (Å²) in [5.74, 6) is 0.831. The van der Waals surface area contributed by atoms with Gasteiger partial charge in [-0.1, -0.05) is 0 Å². The summed E-state index contributed by atoms with van der Waals surface area (Å²) in [6, 6.07) is 9.13. The quantitative estimate of drug-likeness (QED) is 0.619. The molecule has 1 heterocycles. The standard InChI is InChI=1S/C13H16N4O/c1-10-6-7-17(16-10)8-9-18-12-4-2-11(3-5-12)13(14)15/h2-7H,8-9H2,1H3,(H3,14,15). The number of nitrogens with zero attached hydrogens (tertiary/aromatic N) is 2. The van der Waals surface area contributed by atoms with Gasteiger partial charge in [-0.05, 0) is 37.3 Å². The molecule has 0 atom stereocenters. The van der Waals surface area contributed by atoms with Crippen molar-refractivity contribution in [3.8, 4) is 5.75 Å². The molecule has 0 aliphatic heterocycles. The number of benzene rings is 1. The van der Waals surface area contributed by atoms with Crippen LogP contribution in [0, 0.1) is 12.3 Å². The molecule has 0 radical (unpaired) electrons.